The number of imidazole rings is 1. The summed E-state index contributed by atoms with van der Waals surface area (Å²) in [7, 11) is 1.58. The minimum atomic E-state index is -0.325. The van der Waals surface area contributed by atoms with E-state index in [4.69, 9.17) is 4.74 Å². The lowest BCUT2D eigenvalue weighted by molar-refractivity contribution is -0.115. The molecule has 3 aromatic carbocycles. The van der Waals surface area contributed by atoms with E-state index in [0.717, 1.165) is 16.7 Å². The van der Waals surface area contributed by atoms with Crippen molar-refractivity contribution in [2.45, 2.75) is 13.0 Å². The van der Waals surface area contributed by atoms with E-state index in [0.29, 0.717) is 23.8 Å². The molecule has 4 aromatic rings. The number of aromatic nitrogens is 2. The number of benzene rings is 3. The Labute approximate surface area is 180 Å². The molecule has 156 valence electrons. The fraction of sp³-hybridized carbons (Fsp3) is 0.120. The van der Waals surface area contributed by atoms with E-state index >= 15 is 0 Å². The van der Waals surface area contributed by atoms with E-state index in [-0.39, 0.29) is 18.1 Å². The fourth-order valence-corrected chi connectivity index (χ4v) is 3.43. The summed E-state index contributed by atoms with van der Waals surface area (Å²) < 4.78 is 20.7. The van der Waals surface area contributed by atoms with E-state index in [1.54, 1.807) is 25.6 Å². The van der Waals surface area contributed by atoms with Crippen molar-refractivity contribution in [2.75, 3.05) is 12.4 Å². The van der Waals surface area contributed by atoms with Gasteiger partial charge in [-0.05, 0) is 35.9 Å². The van der Waals surface area contributed by atoms with Crippen LogP contribution in [0.1, 0.15) is 11.1 Å². The number of methoxy groups -OCH3 is 1. The number of ether oxygens (including phenoxy) is 1. The van der Waals surface area contributed by atoms with E-state index in [1.165, 1.54) is 12.1 Å². The maximum atomic E-state index is 13.4. The SMILES string of the molecule is COc1ccccc1CC(=O)Nc1c(-c2ccc(F)cc2)ncn1Cc1ccccc1. The highest BCUT2D eigenvalue weighted by atomic mass is 19.1. The highest BCUT2D eigenvalue weighted by molar-refractivity contribution is 5.95. The summed E-state index contributed by atoms with van der Waals surface area (Å²) in [4.78, 5) is 17.4. The Morgan fingerprint density at radius 2 is 1.71 bits per heavy atom. The first-order valence-corrected chi connectivity index (χ1v) is 9.91. The van der Waals surface area contributed by atoms with Crippen LogP contribution in [0.15, 0.2) is 85.2 Å². The maximum absolute atomic E-state index is 13.4. The van der Waals surface area contributed by atoms with Gasteiger partial charge in [0, 0.05) is 11.1 Å². The zero-order valence-electron chi connectivity index (χ0n) is 17.1. The van der Waals surface area contributed by atoms with Crippen molar-refractivity contribution in [3.8, 4) is 17.0 Å². The van der Waals surface area contributed by atoms with Crippen molar-refractivity contribution in [3.05, 3.63) is 102 Å². The number of anilines is 1. The molecule has 0 saturated carbocycles. The fourth-order valence-electron chi connectivity index (χ4n) is 3.43. The van der Waals surface area contributed by atoms with Crippen LogP contribution in [0.3, 0.4) is 0 Å². The summed E-state index contributed by atoms with van der Waals surface area (Å²) in [5.74, 6) is 0.710. The van der Waals surface area contributed by atoms with Crippen LogP contribution in [0.5, 0.6) is 5.75 Å². The molecule has 1 N–H and O–H groups in total. The van der Waals surface area contributed by atoms with Gasteiger partial charge in [-0.1, -0.05) is 48.5 Å². The van der Waals surface area contributed by atoms with Gasteiger partial charge in [0.25, 0.3) is 0 Å². The van der Waals surface area contributed by atoms with Crippen molar-refractivity contribution in [3.63, 3.8) is 0 Å². The molecular formula is C25H22FN3O2. The molecule has 0 fully saturated rings. The largest absolute Gasteiger partial charge is 0.496 e. The molecule has 0 bridgehead atoms. The number of para-hydroxylation sites is 1. The molecule has 1 aromatic heterocycles. The van der Waals surface area contributed by atoms with Gasteiger partial charge in [0.05, 0.1) is 26.4 Å². The molecular weight excluding hydrogens is 393 g/mol. The number of carbonyl (C=O) groups is 1. The summed E-state index contributed by atoms with van der Waals surface area (Å²) in [6.07, 6.45) is 1.84. The number of carbonyl (C=O) groups excluding carboxylic acids is 1. The number of hydrogen-bond acceptors (Lipinski definition) is 3. The molecule has 0 radical (unpaired) electrons. The second kappa shape index (κ2) is 9.26. The lowest BCUT2D eigenvalue weighted by atomic mass is 10.1. The standard InChI is InChI=1S/C25H22FN3O2/c1-31-22-10-6-5-9-20(22)15-23(30)28-25-24(19-11-13-21(26)14-12-19)27-17-29(25)16-18-7-3-2-4-8-18/h2-14,17H,15-16H2,1H3,(H,28,30). The molecule has 0 aliphatic carbocycles. The number of rotatable bonds is 7. The predicted octanol–water partition coefficient (Wildman–Crippen LogP) is 4.93. The van der Waals surface area contributed by atoms with Gasteiger partial charge >= 0.3 is 0 Å². The summed E-state index contributed by atoms with van der Waals surface area (Å²) >= 11 is 0. The molecule has 1 heterocycles. The molecule has 0 saturated heterocycles. The minimum Gasteiger partial charge on any atom is -0.496 e. The van der Waals surface area contributed by atoms with Crippen LogP contribution in [-0.4, -0.2) is 22.6 Å². The van der Waals surface area contributed by atoms with Crippen LogP contribution in [0, 0.1) is 5.82 Å². The van der Waals surface area contributed by atoms with Crippen molar-refractivity contribution in [1.29, 1.82) is 0 Å². The van der Waals surface area contributed by atoms with E-state index < -0.39 is 0 Å². The minimum absolute atomic E-state index is 0.156. The predicted molar refractivity (Wildman–Crippen MR) is 118 cm³/mol. The zero-order valence-corrected chi connectivity index (χ0v) is 17.1. The molecule has 5 nitrogen and oxygen atoms in total. The van der Waals surface area contributed by atoms with Crippen molar-refractivity contribution < 1.29 is 13.9 Å². The average molecular weight is 415 g/mol. The lowest BCUT2D eigenvalue weighted by Gasteiger charge is -2.13. The first-order valence-electron chi connectivity index (χ1n) is 9.91. The molecule has 4 rings (SSSR count). The number of halogens is 1. The van der Waals surface area contributed by atoms with Gasteiger partial charge in [-0.15, -0.1) is 0 Å². The van der Waals surface area contributed by atoms with Gasteiger partial charge in [-0.25, -0.2) is 9.37 Å². The number of nitrogens with one attached hydrogen (secondary N) is 1. The second-order valence-electron chi connectivity index (χ2n) is 7.10. The van der Waals surface area contributed by atoms with E-state index in [2.05, 4.69) is 10.3 Å². The Morgan fingerprint density at radius 1 is 1.00 bits per heavy atom. The maximum Gasteiger partial charge on any atom is 0.230 e. The lowest BCUT2D eigenvalue weighted by Crippen LogP contribution is -2.18. The van der Waals surface area contributed by atoms with Crippen LogP contribution in [0.25, 0.3) is 11.3 Å². The first-order chi connectivity index (χ1) is 15.1. The van der Waals surface area contributed by atoms with Gasteiger partial charge in [0.15, 0.2) is 0 Å². The molecule has 1 amide bonds. The Bertz CT molecular complexity index is 1170. The Hall–Kier alpha value is -3.93. The smallest absolute Gasteiger partial charge is 0.230 e. The normalized spacial score (nSPS) is 10.6. The number of nitrogens with zero attached hydrogens (tertiary/aromatic N) is 2. The van der Waals surface area contributed by atoms with Crippen LogP contribution in [0.4, 0.5) is 10.2 Å². The van der Waals surface area contributed by atoms with Gasteiger partial charge in [-0.2, -0.15) is 0 Å². The molecule has 0 spiro atoms. The first kappa shape index (κ1) is 20.3. The van der Waals surface area contributed by atoms with Crippen molar-refractivity contribution >= 4 is 11.7 Å². The quantitative estimate of drug-likeness (QED) is 0.466. The van der Waals surface area contributed by atoms with Gasteiger partial charge in [0.2, 0.25) is 5.91 Å². The molecule has 0 aliphatic heterocycles. The van der Waals surface area contributed by atoms with Crippen LogP contribution in [0.2, 0.25) is 0 Å². The highest BCUT2D eigenvalue weighted by Gasteiger charge is 2.17. The molecule has 0 atom stereocenters. The van der Waals surface area contributed by atoms with Crippen LogP contribution in [-0.2, 0) is 17.8 Å². The van der Waals surface area contributed by atoms with Crippen LogP contribution < -0.4 is 10.1 Å². The van der Waals surface area contributed by atoms with Gasteiger partial charge < -0.3 is 14.6 Å². The Morgan fingerprint density at radius 3 is 2.45 bits per heavy atom. The van der Waals surface area contributed by atoms with Gasteiger partial charge in [0.1, 0.15) is 23.1 Å². The monoisotopic (exact) mass is 415 g/mol. The highest BCUT2D eigenvalue weighted by Crippen LogP contribution is 2.28. The van der Waals surface area contributed by atoms with Crippen LogP contribution >= 0.6 is 0 Å². The molecule has 6 heteroatoms. The third-order valence-corrected chi connectivity index (χ3v) is 4.95. The summed E-state index contributed by atoms with van der Waals surface area (Å²) in [6.45, 7) is 0.541. The average Bonchev–Trinajstić information content (AvgIpc) is 3.17. The Kier molecular flexibility index (Phi) is 6.08. The van der Waals surface area contributed by atoms with Crippen molar-refractivity contribution in [1.82, 2.24) is 9.55 Å². The molecule has 0 unspecified atom stereocenters. The Balaban J connectivity index is 1.65. The summed E-state index contributed by atoms with van der Waals surface area (Å²) in [5, 5.41) is 3.00. The summed E-state index contributed by atoms with van der Waals surface area (Å²) in [6, 6.07) is 23.4. The second-order valence-corrected chi connectivity index (χ2v) is 7.10. The number of hydrogen-bond donors (Lipinski definition) is 1. The molecule has 31 heavy (non-hydrogen) atoms. The number of amides is 1. The van der Waals surface area contributed by atoms with E-state index in [1.807, 2.05) is 59.2 Å². The van der Waals surface area contributed by atoms with Gasteiger partial charge in [-0.3, -0.25) is 4.79 Å². The molecule has 0 aliphatic rings. The topological polar surface area (TPSA) is 56.1 Å². The summed E-state index contributed by atoms with van der Waals surface area (Å²) in [5.41, 5.74) is 3.18. The third-order valence-electron chi connectivity index (χ3n) is 4.95. The third kappa shape index (κ3) is 4.80. The zero-order chi connectivity index (χ0) is 21.6. The van der Waals surface area contributed by atoms with E-state index in [9.17, 15) is 9.18 Å². The van der Waals surface area contributed by atoms with Crippen molar-refractivity contribution in [2.24, 2.45) is 0 Å².